The Morgan fingerprint density at radius 2 is 0.567 bits per heavy atom. The van der Waals surface area contributed by atoms with Gasteiger partial charge in [-0.3, -0.25) is 0 Å². The summed E-state index contributed by atoms with van der Waals surface area (Å²) in [6.45, 7) is 0. The molecule has 9 heterocycles. The van der Waals surface area contributed by atoms with Gasteiger partial charge in [-0.05, 0) is 204 Å². The average Bonchev–Trinajstić information content (AvgIpc) is 1.53. The van der Waals surface area contributed by atoms with Crippen LogP contribution in [0, 0.1) is 34.9 Å². The Balaban J connectivity index is 0.000000109. The van der Waals surface area contributed by atoms with E-state index in [-0.39, 0.29) is 17.2 Å². The van der Waals surface area contributed by atoms with Crippen LogP contribution < -0.4 is 0 Å². The van der Waals surface area contributed by atoms with Crippen LogP contribution in [-0.2, 0) is 0 Å². The molecule has 2 saturated carbocycles. The molecule has 0 spiro atoms. The third-order valence-electron chi connectivity index (χ3n) is 25.0. The van der Waals surface area contributed by atoms with E-state index in [9.17, 15) is 8.78 Å². The second-order valence-corrected chi connectivity index (χ2v) is 32.1. The van der Waals surface area contributed by atoms with Crippen LogP contribution in [0.1, 0.15) is 87.2 Å². The van der Waals surface area contributed by atoms with Crippen molar-refractivity contribution >= 4 is 114 Å². The Bertz CT molecular complexity index is 7450. The summed E-state index contributed by atoms with van der Waals surface area (Å²) >= 11 is 0. The third kappa shape index (κ3) is 12.6. The largest absolute Gasteiger partial charge is 0.309 e. The average molecular weight is 1580 g/mol. The van der Waals surface area contributed by atoms with E-state index in [0.717, 1.165) is 71.9 Å². The SMILES string of the molecule is Fc1c(F)c(-n2c3ccccc3c3ccccc32)c(F)c(F)c1-c1ccc(-c2cc3cc4ccccc4cn3n2)cc1.Fc1ccc2c(c1)c1cc(F)ccc1n2-c1ccc(-c2cc3cc4ccccc4cn3n2)cc1.c1ccc2cn3nc(-c4ccc(-n5c6ccc(C7CCCCC7)cc6c6cc(C7CCCCC7)ccc65)cc4)cc3cc2c1. The van der Waals surface area contributed by atoms with Gasteiger partial charge in [0.2, 0.25) is 0 Å². The van der Waals surface area contributed by atoms with Crippen molar-refractivity contribution in [3.8, 4) is 62.0 Å². The molecule has 0 unspecified atom stereocenters. The number of pyridine rings is 3. The first-order chi connectivity index (χ1) is 58.9. The molecule has 22 aromatic rings. The first-order valence-corrected chi connectivity index (χ1v) is 41.2. The maximum Gasteiger partial charge on any atom is 0.186 e. The second kappa shape index (κ2) is 29.4. The summed E-state index contributed by atoms with van der Waals surface area (Å²) in [7, 11) is 0. The number of fused-ring (bicyclic) bond motifs is 15. The fraction of sp³-hybridized carbons (Fsp3) is 0.114. The monoisotopic (exact) mass is 1580 g/mol. The lowest BCUT2D eigenvalue weighted by molar-refractivity contribution is 0.444. The molecule has 2 fully saturated rings. The van der Waals surface area contributed by atoms with Gasteiger partial charge in [0.15, 0.2) is 23.3 Å². The van der Waals surface area contributed by atoms with Crippen LogP contribution in [0.25, 0.3) is 176 Å². The molecule has 0 bridgehead atoms. The van der Waals surface area contributed by atoms with E-state index >= 15 is 17.6 Å². The fourth-order valence-electron chi connectivity index (χ4n) is 19.0. The molecule has 15 heteroatoms. The molecule has 0 aliphatic heterocycles. The number of benzene rings is 13. The molecule has 2 aliphatic rings. The normalized spacial score (nSPS) is 13.7. The van der Waals surface area contributed by atoms with Gasteiger partial charge in [-0.25, -0.2) is 39.9 Å². The lowest BCUT2D eigenvalue weighted by Gasteiger charge is -2.22. The quantitative estimate of drug-likeness (QED) is 0.107. The van der Waals surface area contributed by atoms with Crippen LogP contribution in [0.4, 0.5) is 26.3 Å². The zero-order chi connectivity index (χ0) is 80.4. The minimum Gasteiger partial charge on any atom is -0.309 e. The number of aromatic nitrogens is 9. The van der Waals surface area contributed by atoms with Gasteiger partial charge in [0, 0.05) is 95.1 Å². The number of para-hydroxylation sites is 2. The van der Waals surface area contributed by atoms with Gasteiger partial charge in [-0.1, -0.05) is 208 Å². The standard InChI is InChI=1S/C41H39N3.C35H19F4N3.C29H17F2N3/c1-3-9-28(10-4-1)32-17-21-40-37(24-32)38-25-33(29-11-5-2-6-12-29)18-22-41(38)44(40)35-19-15-30(16-20-35)39-26-36-23-31-13-7-8-14-34(31)27-43(36)42-39;36-31-30(21-15-13-20(14-16-21)27-18-24-17-22-7-1-2-8-23(22)19-41(24)40-27)32(37)34(39)35(33(31)38)42-28-11-5-3-9-25(28)26-10-4-6-12-29(26)42;30-21-7-11-28-25(14-21)26-15-22(31)8-12-29(26)34(28)23-9-5-18(6-10-23)27-16-24-13-19-3-1-2-4-20(19)17-33(24)32-27/h7-8,13-29H,1-6,9-12H2;1-19H;1-17H. The first kappa shape index (κ1) is 72.2. The Kier molecular flexibility index (Phi) is 17.7. The summed E-state index contributed by atoms with van der Waals surface area (Å²) in [5.41, 5.74) is 17.2. The molecule has 9 nitrogen and oxygen atoms in total. The second-order valence-electron chi connectivity index (χ2n) is 32.1. The van der Waals surface area contributed by atoms with E-state index in [0.29, 0.717) is 55.7 Å². The Morgan fingerprint density at radius 1 is 0.250 bits per heavy atom. The summed E-state index contributed by atoms with van der Waals surface area (Å²) in [5.74, 6) is -5.13. The summed E-state index contributed by atoms with van der Waals surface area (Å²) in [6, 6.07) is 98.4. The summed E-state index contributed by atoms with van der Waals surface area (Å²) in [6.07, 6.45) is 19.7. The van der Waals surface area contributed by atoms with Crippen LogP contribution in [0.15, 0.2) is 322 Å². The molecule has 120 heavy (non-hydrogen) atoms. The van der Waals surface area contributed by atoms with Gasteiger partial charge in [0.1, 0.15) is 17.3 Å². The van der Waals surface area contributed by atoms with Gasteiger partial charge in [-0.15, -0.1) is 0 Å². The molecule has 582 valence electrons. The molecule has 13 aromatic carbocycles. The maximum absolute atomic E-state index is 15.8. The molecule has 0 N–H and O–H groups in total. The van der Waals surface area contributed by atoms with Gasteiger partial charge < -0.3 is 13.7 Å². The highest BCUT2D eigenvalue weighted by Gasteiger charge is 2.31. The topological polar surface area (TPSA) is 66.7 Å². The molecule has 0 radical (unpaired) electrons. The smallest absolute Gasteiger partial charge is 0.186 e. The third-order valence-corrected chi connectivity index (χ3v) is 25.0. The Labute approximate surface area is 685 Å². The number of rotatable bonds is 9. The van der Waals surface area contributed by atoms with Crippen LogP contribution in [0.5, 0.6) is 0 Å². The zero-order valence-electron chi connectivity index (χ0n) is 65.1. The Hall–Kier alpha value is -14.3. The molecule has 0 amide bonds. The minimum atomic E-state index is -1.47. The van der Waals surface area contributed by atoms with Gasteiger partial charge in [0.05, 0.1) is 72.3 Å². The highest BCUT2D eigenvalue weighted by atomic mass is 19.2. The van der Waals surface area contributed by atoms with E-state index in [4.69, 9.17) is 10.2 Å². The molecule has 0 saturated heterocycles. The van der Waals surface area contributed by atoms with Gasteiger partial charge in [0.25, 0.3) is 0 Å². The molecule has 9 aromatic heterocycles. The first-order valence-electron chi connectivity index (χ1n) is 41.2. The van der Waals surface area contributed by atoms with Crippen molar-refractivity contribution in [2.45, 2.75) is 76.0 Å². The summed E-state index contributed by atoms with van der Waals surface area (Å²) in [5, 5.41) is 26.9. The molecule has 0 atom stereocenters. The highest BCUT2D eigenvalue weighted by Crippen LogP contribution is 2.44. The van der Waals surface area contributed by atoms with E-state index in [1.54, 1.807) is 77.3 Å². The molecule has 2 aliphatic carbocycles. The van der Waals surface area contributed by atoms with Crippen LogP contribution >= 0.6 is 0 Å². The van der Waals surface area contributed by atoms with Crippen LogP contribution in [0.2, 0.25) is 0 Å². The number of nitrogens with zero attached hydrogens (tertiary/aromatic N) is 9. The van der Waals surface area contributed by atoms with Gasteiger partial charge in [-0.2, -0.15) is 15.3 Å². The van der Waals surface area contributed by atoms with Crippen molar-refractivity contribution in [2.75, 3.05) is 0 Å². The number of hydrogen-bond donors (Lipinski definition) is 0. The van der Waals surface area contributed by atoms with Crippen molar-refractivity contribution in [1.29, 1.82) is 0 Å². The lowest BCUT2D eigenvalue weighted by Crippen LogP contribution is -2.09. The number of hydrogen-bond acceptors (Lipinski definition) is 3. The molecule has 24 rings (SSSR count). The minimum absolute atomic E-state index is 0.00910. The predicted molar refractivity (Wildman–Crippen MR) is 474 cm³/mol. The van der Waals surface area contributed by atoms with E-state index in [1.165, 1.54) is 160 Å². The summed E-state index contributed by atoms with van der Waals surface area (Å²) < 4.78 is 102. The van der Waals surface area contributed by atoms with Crippen molar-refractivity contribution in [2.24, 2.45) is 0 Å². The Morgan fingerprint density at radius 3 is 0.950 bits per heavy atom. The van der Waals surface area contributed by atoms with Crippen molar-refractivity contribution in [3.05, 3.63) is 368 Å². The maximum atomic E-state index is 15.8. The van der Waals surface area contributed by atoms with Gasteiger partial charge >= 0.3 is 0 Å². The predicted octanol–water partition coefficient (Wildman–Crippen LogP) is 28.4. The van der Waals surface area contributed by atoms with Crippen molar-refractivity contribution in [3.63, 3.8) is 0 Å². The lowest BCUT2D eigenvalue weighted by atomic mass is 9.83. The highest BCUT2D eigenvalue weighted by molar-refractivity contribution is 6.12. The van der Waals surface area contributed by atoms with E-state index in [2.05, 4.69) is 137 Å². The van der Waals surface area contributed by atoms with Crippen molar-refractivity contribution in [1.82, 2.24) is 42.5 Å². The number of halogens is 6. The van der Waals surface area contributed by atoms with E-state index < -0.39 is 34.5 Å². The van der Waals surface area contributed by atoms with Crippen LogP contribution in [-0.4, -0.2) is 42.5 Å². The zero-order valence-corrected chi connectivity index (χ0v) is 65.1. The molecular weight excluding hydrogens is 1500 g/mol. The van der Waals surface area contributed by atoms with E-state index in [1.807, 2.05) is 98.8 Å². The molecular formula is C105H75F6N9. The fourth-order valence-corrected chi connectivity index (χ4v) is 19.0. The van der Waals surface area contributed by atoms with Crippen LogP contribution in [0.3, 0.4) is 0 Å². The van der Waals surface area contributed by atoms with Crippen molar-refractivity contribution < 1.29 is 26.3 Å². The summed E-state index contributed by atoms with van der Waals surface area (Å²) in [4.78, 5) is 0.